The van der Waals surface area contributed by atoms with Gasteiger partial charge in [0.15, 0.2) is 0 Å². The van der Waals surface area contributed by atoms with E-state index in [9.17, 15) is 8.42 Å². The van der Waals surface area contributed by atoms with Crippen LogP contribution in [-0.2, 0) is 10.0 Å². The van der Waals surface area contributed by atoms with Gasteiger partial charge in [-0.1, -0.05) is 18.3 Å². The molecule has 21 heavy (non-hydrogen) atoms. The lowest BCUT2D eigenvalue weighted by atomic mass is 10.1. The van der Waals surface area contributed by atoms with Crippen molar-refractivity contribution >= 4 is 27.2 Å². The number of nitrogens with zero attached hydrogens (tertiary/aromatic N) is 1. The highest BCUT2D eigenvalue weighted by Crippen LogP contribution is 2.19. The van der Waals surface area contributed by atoms with Gasteiger partial charge < -0.3 is 10.7 Å². The smallest absolute Gasteiger partial charge is 0.241 e. The monoisotopic (exact) mass is 324 g/mol. The molecule has 0 spiro atoms. The first-order valence-corrected chi connectivity index (χ1v) is 8.12. The van der Waals surface area contributed by atoms with Crippen molar-refractivity contribution in [1.82, 2.24) is 14.7 Å². The number of hydrogen-bond acceptors (Lipinski definition) is 4. The van der Waals surface area contributed by atoms with Crippen molar-refractivity contribution < 1.29 is 8.42 Å². The van der Waals surface area contributed by atoms with Gasteiger partial charge in [-0.3, -0.25) is 0 Å². The third-order valence-corrected chi connectivity index (χ3v) is 4.95. The van der Waals surface area contributed by atoms with Crippen LogP contribution in [0.2, 0.25) is 0 Å². The van der Waals surface area contributed by atoms with E-state index in [1.165, 1.54) is 6.07 Å². The van der Waals surface area contributed by atoms with E-state index in [0.717, 1.165) is 0 Å². The molecule has 2 aromatic rings. The van der Waals surface area contributed by atoms with Crippen LogP contribution in [-0.4, -0.2) is 23.4 Å². The zero-order chi connectivity index (χ0) is 15.6. The number of aromatic amines is 1. The number of nitrogens with two attached hydrogens (primary N) is 1. The second kappa shape index (κ2) is 5.92. The molecule has 1 heterocycles. The fourth-order valence-electron chi connectivity index (χ4n) is 1.97. The van der Waals surface area contributed by atoms with Crippen LogP contribution in [0.3, 0.4) is 0 Å². The number of aryl methyl sites for hydroxylation is 1. The van der Waals surface area contributed by atoms with Crippen LogP contribution in [0.1, 0.15) is 29.9 Å². The zero-order valence-corrected chi connectivity index (χ0v) is 13.3. The summed E-state index contributed by atoms with van der Waals surface area (Å²) in [5.74, 6) is 0.552. The third-order valence-electron chi connectivity index (χ3n) is 3.01. The first-order chi connectivity index (χ1) is 9.81. The summed E-state index contributed by atoms with van der Waals surface area (Å²) in [6, 6.07) is 4.30. The third kappa shape index (κ3) is 3.46. The van der Waals surface area contributed by atoms with Crippen LogP contribution in [0.25, 0.3) is 0 Å². The molecule has 1 atom stereocenters. The number of sulfonamides is 1. The van der Waals surface area contributed by atoms with E-state index in [1.54, 1.807) is 38.4 Å². The lowest BCUT2D eigenvalue weighted by Gasteiger charge is -2.14. The molecular weight excluding hydrogens is 308 g/mol. The minimum absolute atomic E-state index is 0.195. The first kappa shape index (κ1) is 15.6. The van der Waals surface area contributed by atoms with Crippen LogP contribution >= 0.6 is 12.2 Å². The lowest BCUT2D eigenvalue weighted by molar-refractivity contribution is 0.560. The Kier molecular flexibility index (Phi) is 4.40. The van der Waals surface area contributed by atoms with Gasteiger partial charge in [0.2, 0.25) is 10.0 Å². The average molecular weight is 324 g/mol. The zero-order valence-electron chi connectivity index (χ0n) is 11.6. The molecule has 0 amide bonds. The van der Waals surface area contributed by atoms with Crippen LogP contribution < -0.4 is 10.5 Å². The molecule has 0 aliphatic carbocycles. The van der Waals surface area contributed by atoms with Crippen molar-refractivity contribution in [2.75, 3.05) is 0 Å². The van der Waals surface area contributed by atoms with Gasteiger partial charge in [0.25, 0.3) is 0 Å². The Bertz CT molecular complexity index is 754. The maximum atomic E-state index is 12.4. The molecule has 1 unspecified atom stereocenters. The molecule has 0 saturated carbocycles. The molecule has 0 fully saturated rings. The van der Waals surface area contributed by atoms with Crippen LogP contribution in [0, 0.1) is 6.92 Å². The largest absolute Gasteiger partial charge is 0.389 e. The summed E-state index contributed by atoms with van der Waals surface area (Å²) in [5.41, 5.74) is 6.76. The van der Waals surface area contributed by atoms with Gasteiger partial charge in [-0.05, 0) is 31.5 Å². The molecule has 0 saturated heterocycles. The molecule has 0 bridgehead atoms. The number of nitrogens with one attached hydrogen (secondary N) is 2. The van der Waals surface area contributed by atoms with Gasteiger partial charge in [-0.25, -0.2) is 18.1 Å². The molecule has 0 aliphatic rings. The summed E-state index contributed by atoms with van der Waals surface area (Å²) in [6.07, 6.45) is 3.21. The van der Waals surface area contributed by atoms with Crippen molar-refractivity contribution in [2.45, 2.75) is 24.8 Å². The van der Waals surface area contributed by atoms with Gasteiger partial charge in [0, 0.05) is 18.0 Å². The van der Waals surface area contributed by atoms with Crippen LogP contribution in [0.5, 0.6) is 0 Å². The Balaban J connectivity index is 2.29. The molecule has 0 aliphatic heterocycles. The summed E-state index contributed by atoms with van der Waals surface area (Å²) in [7, 11) is -3.65. The van der Waals surface area contributed by atoms with Crippen molar-refractivity contribution in [3.8, 4) is 0 Å². The maximum absolute atomic E-state index is 12.4. The summed E-state index contributed by atoms with van der Waals surface area (Å²) in [5, 5.41) is 0. The second-order valence-corrected chi connectivity index (χ2v) is 6.78. The SMILES string of the molecule is Cc1cc(C(N)=S)ccc1S(=O)(=O)NC(C)c1ncc[nH]1. The maximum Gasteiger partial charge on any atom is 0.241 e. The highest BCUT2D eigenvalue weighted by Gasteiger charge is 2.21. The van der Waals surface area contributed by atoms with Crippen molar-refractivity contribution in [3.63, 3.8) is 0 Å². The van der Waals surface area contributed by atoms with Crippen LogP contribution in [0.15, 0.2) is 35.5 Å². The Morgan fingerprint density at radius 1 is 1.48 bits per heavy atom. The molecule has 0 radical (unpaired) electrons. The van der Waals surface area contributed by atoms with Gasteiger partial charge in [0.1, 0.15) is 10.8 Å². The number of thiocarbonyl (C=S) groups is 1. The summed E-state index contributed by atoms with van der Waals surface area (Å²) in [4.78, 5) is 7.35. The molecule has 2 rings (SSSR count). The number of rotatable bonds is 5. The van der Waals surface area contributed by atoms with Crippen LogP contribution in [0.4, 0.5) is 0 Å². The van der Waals surface area contributed by atoms with E-state index >= 15 is 0 Å². The van der Waals surface area contributed by atoms with Crippen molar-refractivity contribution in [1.29, 1.82) is 0 Å². The number of aromatic nitrogens is 2. The summed E-state index contributed by atoms with van der Waals surface area (Å²) >= 11 is 4.88. The number of hydrogen-bond donors (Lipinski definition) is 3. The second-order valence-electron chi connectivity index (χ2n) is 4.66. The van der Waals surface area contributed by atoms with E-state index in [4.69, 9.17) is 18.0 Å². The fourth-order valence-corrected chi connectivity index (χ4v) is 3.53. The van der Waals surface area contributed by atoms with Crippen molar-refractivity contribution in [2.24, 2.45) is 5.73 Å². The quantitative estimate of drug-likeness (QED) is 0.722. The highest BCUT2D eigenvalue weighted by atomic mass is 32.2. The van der Waals surface area contributed by atoms with E-state index in [1.807, 2.05) is 0 Å². The standard InChI is InChI=1S/C13H16N4O2S2/c1-8-7-10(12(14)20)3-4-11(8)21(18,19)17-9(2)13-15-5-6-16-13/h3-7,9,17H,1-2H3,(H2,14,20)(H,15,16). The minimum atomic E-state index is -3.65. The molecule has 1 aromatic carbocycles. The Morgan fingerprint density at radius 3 is 2.71 bits per heavy atom. The van der Waals surface area contributed by atoms with Gasteiger partial charge in [0.05, 0.1) is 10.9 Å². The number of H-pyrrole nitrogens is 1. The van der Waals surface area contributed by atoms with E-state index < -0.39 is 16.1 Å². The lowest BCUT2D eigenvalue weighted by Crippen LogP contribution is -2.28. The van der Waals surface area contributed by atoms with Gasteiger partial charge in [-0.15, -0.1) is 0 Å². The first-order valence-electron chi connectivity index (χ1n) is 6.23. The molecular formula is C13H16N4O2S2. The summed E-state index contributed by atoms with van der Waals surface area (Å²) < 4.78 is 27.4. The Labute approximate surface area is 128 Å². The molecule has 6 nitrogen and oxygen atoms in total. The Hall–Kier alpha value is -1.77. The highest BCUT2D eigenvalue weighted by molar-refractivity contribution is 7.89. The predicted octanol–water partition coefficient (Wildman–Crippen LogP) is 1.39. The van der Waals surface area contributed by atoms with E-state index in [2.05, 4.69) is 14.7 Å². The molecule has 4 N–H and O–H groups in total. The summed E-state index contributed by atoms with van der Waals surface area (Å²) in [6.45, 7) is 3.42. The number of imidazole rings is 1. The number of benzene rings is 1. The topological polar surface area (TPSA) is 101 Å². The van der Waals surface area contributed by atoms with Gasteiger partial charge >= 0.3 is 0 Å². The van der Waals surface area contributed by atoms with E-state index in [0.29, 0.717) is 17.0 Å². The molecule has 112 valence electrons. The molecule has 8 heteroatoms. The Morgan fingerprint density at radius 2 is 2.19 bits per heavy atom. The van der Waals surface area contributed by atoms with E-state index in [-0.39, 0.29) is 9.88 Å². The fraction of sp³-hybridized carbons (Fsp3) is 0.231. The normalized spacial score (nSPS) is 13.0. The molecule has 1 aromatic heterocycles. The minimum Gasteiger partial charge on any atom is -0.389 e. The average Bonchev–Trinajstić information content (AvgIpc) is 2.91. The van der Waals surface area contributed by atoms with Gasteiger partial charge in [-0.2, -0.15) is 0 Å². The van der Waals surface area contributed by atoms with Crippen molar-refractivity contribution in [3.05, 3.63) is 47.5 Å². The predicted molar refractivity (Wildman–Crippen MR) is 84.4 cm³/mol.